The Kier molecular flexibility index (Phi) is 5.28. The van der Waals surface area contributed by atoms with Crippen LogP contribution in [0.1, 0.15) is 0 Å². The lowest BCUT2D eigenvalue weighted by molar-refractivity contribution is -0.386. The molecule has 100 valence electrons. The Morgan fingerprint density at radius 1 is 1.50 bits per heavy atom. The molecular weight excluding hydrogens is 375 g/mol. The SMILES string of the molecule is COc1ccc(S(=O)(=O)NCCI)cc1[N+](=O)[O-]. The first-order valence-corrected chi connectivity index (χ1v) is 7.81. The highest BCUT2D eigenvalue weighted by Gasteiger charge is 2.21. The second-order valence-corrected chi connectivity index (χ2v) is 6.02. The molecule has 1 N–H and O–H groups in total. The second kappa shape index (κ2) is 6.29. The molecule has 0 amide bonds. The van der Waals surface area contributed by atoms with Crippen molar-refractivity contribution >= 4 is 38.3 Å². The highest BCUT2D eigenvalue weighted by molar-refractivity contribution is 14.1. The van der Waals surface area contributed by atoms with Gasteiger partial charge >= 0.3 is 5.69 Å². The summed E-state index contributed by atoms with van der Waals surface area (Å²) in [6, 6.07) is 3.51. The van der Waals surface area contributed by atoms with Gasteiger partial charge in [-0.1, -0.05) is 22.6 Å². The molecule has 0 saturated heterocycles. The molecule has 0 aliphatic carbocycles. The summed E-state index contributed by atoms with van der Waals surface area (Å²) < 4.78 is 31.3. The molecule has 0 fully saturated rings. The number of nitrogens with zero attached hydrogens (tertiary/aromatic N) is 1. The van der Waals surface area contributed by atoms with Crippen molar-refractivity contribution < 1.29 is 18.1 Å². The van der Waals surface area contributed by atoms with Crippen molar-refractivity contribution in [2.45, 2.75) is 4.90 Å². The van der Waals surface area contributed by atoms with Gasteiger partial charge in [0.05, 0.1) is 16.9 Å². The third-order valence-electron chi connectivity index (χ3n) is 2.04. The number of sulfonamides is 1. The first-order valence-electron chi connectivity index (χ1n) is 4.80. The number of methoxy groups -OCH3 is 1. The van der Waals surface area contributed by atoms with E-state index in [0.29, 0.717) is 4.43 Å². The molecule has 0 spiro atoms. The number of hydrogen-bond donors (Lipinski definition) is 1. The number of nitro benzene ring substituents is 1. The van der Waals surface area contributed by atoms with Gasteiger partial charge in [0.1, 0.15) is 0 Å². The fourth-order valence-electron chi connectivity index (χ4n) is 1.24. The Labute approximate surface area is 118 Å². The lowest BCUT2D eigenvalue weighted by Gasteiger charge is -2.06. The van der Waals surface area contributed by atoms with Gasteiger partial charge in [-0.05, 0) is 12.1 Å². The summed E-state index contributed by atoms with van der Waals surface area (Å²) in [4.78, 5) is 9.95. The third kappa shape index (κ3) is 3.53. The summed E-state index contributed by atoms with van der Waals surface area (Å²) in [6.45, 7) is 0.267. The highest BCUT2D eigenvalue weighted by atomic mass is 127. The zero-order chi connectivity index (χ0) is 13.8. The number of rotatable bonds is 6. The van der Waals surface area contributed by atoms with Crippen LogP contribution >= 0.6 is 22.6 Å². The maximum atomic E-state index is 11.8. The molecule has 0 saturated carbocycles. The van der Waals surface area contributed by atoms with Gasteiger partial charge in [0.15, 0.2) is 5.75 Å². The predicted octanol–water partition coefficient (Wildman–Crippen LogP) is 1.32. The second-order valence-electron chi connectivity index (χ2n) is 3.18. The molecule has 0 radical (unpaired) electrons. The molecule has 0 atom stereocenters. The summed E-state index contributed by atoms with van der Waals surface area (Å²) in [5, 5.41) is 10.8. The van der Waals surface area contributed by atoms with Crippen LogP contribution in [0.2, 0.25) is 0 Å². The average molecular weight is 386 g/mol. The Hall–Kier alpha value is -0.940. The fourth-order valence-corrected chi connectivity index (χ4v) is 2.92. The zero-order valence-corrected chi connectivity index (χ0v) is 12.4. The molecule has 0 unspecified atom stereocenters. The van der Waals surface area contributed by atoms with E-state index in [-0.39, 0.29) is 22.9 Å². The summed E-state index contributed by atoms with van der Waals surface area (Å²) in [5.74, 6) is 0.0211. The van der Waals surface area contributed by atoms with Crippen molar-refractivity contribution in [1.82, 2.24) is 4.72 Å². The molecule has 1 rings (SSSR count). The molecule has 0 aliphatic heterocycles. The van der Waals surface area contributed by atoms with E-state index in [1.54, 1.807) is 0 Å². The van der Waals surface area contributed by atoms with Crippen molar-refractivity contribution in [2.75, 3.05) is 18.1 Å². The molecule has 0 bridgehead atoms. The lowest BCUT2D eigenvalue weighted by atomic mass is 10.3. The van der Waals surface area contributed by atoms with Crippen LogP contribution in [0.5, 0.6) is 5.75 Å². The van der Waals surface area contributed by atoms with Gasteiger partial charge in [-0.3, -0.25) is 10.1 Å². The molecule has 1 aromatic carbocycles. The van der Waals surface area contributed by atoms with Crippen LogP contribution in [-0.2, 0) is 10.0 Å². The van der Waals surface area contributed by atoms with Crippen LogP contribution < -0.4 is 9.46 Å². The van der Waals surface area contributed by atoms with Crippen LogP contribution in [-0.4, -0.2) is 31.4 Å². The number of hydrogen-bond acceptors (Lipinski definition) is 5. The fraction of sp³-hybridized carbons (Fsp3) is 0.333. The van der Waals surface area contributed by atoms with Crippen molar-refractivity contribution in [3.8, 4) is 5.75 Å². The monoisotopic (exact) mass is 386 g/mol. The van der Waals surface area contributed by atoms with E-state index in [9.17, 15) is 18.5 Å². The Morgan fingerprint density at radius 3 is 2.67 bits per heavy atom. The van der Waals surface area contributed by atoms with E-state index in [0.717, 1.165) is 6.07 Å². The Balaban J connectivity index is 3.20. The molecule has 1 aromatic rings. The quantitative estimate of drug-likeness (QED) is 0.344. The van der Waals surface area contributed by atoms with E-state index < -0.39 is 14.9 Å². The molecule has 7 nitrogen and oxygen atoms in total. The van der Waals surface area contributed by atoms with Crippen LogP contribution in [0.3, 0.4) is 0 Å². The third-order valence-corrected chi connectivity index (χ3v) is 4.04. The Bertz CT molecular complexity index is 546. The summed E-state index contributed by atoms with van der Waals surface area (Å²) in [7, 11) is -2.44. The van der Waals surface area contributed by atoms with Crippen LogP contribution in [0.15, 0.2) is 23.1 Å². The number of nitro groups is 1. The van der Waals surface area contributed by atoms with E-state index in [1.807, 2.05) is 22.6 Å². The lowest BCUT2D eigenvalue weighted by Crippen LogP contribution is -2.25. The smallest absolute Gasteiger partial charge is 0.312 e. The van der Waals surface area contributed by atoms with Crippen molar-refractivity contribution in [3.05, 3.63) is 28.3 Å². The van der Waals surface area contributed by atoms with Gasteiger partial charge in [-0.2, -0.15) is 0 Å². The number of halogens is 1. The average Bonchev–Trinajstić information content (AvgIpc) is 2.35. The highest BCUT2D eigenvalue weighted by Crippen LogP contribution is 2.29. The van der Waals surface area contributed by atoms with Crippen molar-refractivity contribution in [2.24, 2.45) is 0 Å². The molecule has 0 aliphatic rings. The van der Waals surface area contributed by atoms with E-state index >= 15 is 0 Å². The summed E-state index contributed by atoms with van der Waals surface area (Å²) in [5.41, 5.74) is -0.380. The minimum absolute atomic E-state index is 0.0211. The van der Waals surface area contributed by atoms with Gasteiger partial charge in [0.2, 0.25) is 10.0 Å². The van der Waals surface area contributed by atoms with E-state index in [2.05, 4.69) is 4.72 Å². The molecule has 0 aromatic heterocycles. The van der Waals surface area contributed by atoms with E-state index in [1.165, 1.54) is 19.2 Å². The van der Waals surface area contributed by atoms with Crippen molar-refractivity contribution in [3.63, 3.8) is 0 Å². The number of alkyl halides is 1. The topological polar surface area (TPSA) is 98.5 Å². The van der Waals surface area contributed by atoms with Crippen molar-refractivity contribution in [1.29, 1.82) is 0 Å². The largest absolute Gasteiger partial charge is 0.490 e. The first-order chi connectivity index (χ1) is 8.42. The van der Waals surface area contributed by atoms with Gasteiger partial charge in [-0.15, -0.1) is 0 Å². The molecule has 9 heteroatoms. The minimum atomic E-state index is -3.72. The van der Waals surface area contributed by atoms with E-state index in [4.69, 9.17) is 4.74 Å². The summed E-state index contributed by atoms with van der Waals surface area (Å²) >= 11 is 2.02. The molecule has 18 heavy (non-hydrogen) atoms. The molecule has 0 heterocycles. The molecular formula is C9H11IN2O5S. The standard InChI is InChI=1S/C9H11IN2O5S/c1-17-9-3-2-7(6-8(9)12(13)14)18(15,16)11-5-4-10/h2-3,6,11H,4-5H2,1H3. The number of nitrogens with one attached hydrogen (secondary N) is 1. The van der Waals surface area contributed by atoms with Crippen LogP contribution in [0.25, 0.3) is 0 Å². The summed E-state index contributed by atoms with van der Waals surface area (Å²) in [6.07, 6.45) is 0. The van der Waals surface area contributed by atoms with Gasteiger partial charge < -0.3 is 4.74 Å². The number of ether oxygens (including phenoxy) is 1. The van der Waals surface area contributed by atoms with Gasteiger partial charge in [-0.25, -0.2) is 13.1 Å². The minimum Gasteiger partial charge on any atom is -0.490 e. The van der Waals surface area contributed by atoms with Crippen LogP contribution in [0.4, 0.5) is 5.69 Å². The maximum Gasteiger partial charge on any atom is 0.312 e. The Morgan fingerprint density at radius 2 is 2.17 bits per heavy atom. The zero-order valence-electron chi connectivity index (χ0n) is 9.42. The van der Waals surface area contributed by atoms with Gasteiger partial charge in [0, 0.05) is 17.0 Å². The maximum absolute atomic E-state index is 11.8. The number of benzene rings is 1. The predicted molar refractivity (Wildman–Crippen MR) is 73.7 cm³/mol. The van der Waals surface area contributed by atoms with Gasteiger partial charge in [0.25, 0.3) is 0 Å². The normalized spacial score (nSPS) is 11.2. The van der Waals surface area contributed by atoms with Crippen LogP contribution in [0, 0.1) is 10.1 Å². The first kappa shape index (κ1) is 15.1.